The molecule has 0 saturated carbocycles. The van der Waals surface area contributed by atoms with Crippen LogP contribution in [0.5, 0.6) is 0 Å². The lowest BCUT2D eigenvalue weighted by Crippen LogP contribution is -2.45. The summed E-state index contributed by atoms with van der Waals surface area (Å²) in [6.07, 6.45) is 2.92. The highest BCUT2D eigenvalue weighted by atomic mass is 16.2. The van der Waals surface area contributed by atoms with Gasteiger partial charge in [-0.05, 0) is 44.9 Å². The summed E-state index contributed by atoms with van der Waals surface area (Å²) in [5.74, 6) is 1.00. The fourth-order valence-corrected chi connectivity index (χ4v) is 2.56. The highest BCUT2D eigenvalue weighted by Gasteiger charge is 2.33. The van der Waals surface area contributed by atoms with E-state index in [2.05, 4.69) is 46.4 Å². The molecule has 2 nitrogen and oxygen atoms in total. The number of rotatable bonds is 0. The van der Waals surface area contributed by atoms with E-state index in [0.29, 0.717) is 17.2 Å². The molecule has 2 heteroatoms. The van der Waals surface area contributed by atoms with E-state index in [1.165, 1.54) is 0 Å². The number of hydrogen-bond acceptors (Lipinski definition) is 1. The molecular formula is C14H27NO. The van der Waals surface area contributed by atoms with Gasteiger partial charge in [0.05, 0.1) is 0 Å². The molecule has 1 unspecified atom stereocenters. The first kappa shape index (κ1) is 13.5. The molecule has 0 spiro atoms. The van der Waals surface area contributed by atoms with Crippen molar-refractivity contribution in [2.24, 2.45) is 11.3 Å². The van der Waals surface area contributed by atoms with Gasteiger partial charge in [0.25, 0.3) is 0 Å². The van der Waals surface area contributed by atoms with Gasteiger partial charge in [0, 0.05) is 18.5 Å². The van der Waals surface area contributed by atoms with Crippen molar-refractivity contribution in [2.45, 2.75) is 66.3 Å². The van der Waals surface area contributed by atoms with Crippen molar-refractivity contribution < 1.29 is 4.79 Å². The summed E-state index contributed by atoms with van der Waals surface area (Å²) >= 11 is 0. The predicted octanol–water partition coefficient (Wildman–Crippen LogP) is 3.46. The molecule has 16 heavy (non-hydrogen) atoms. The van der Waals surface area contributed by atoms with E-state index < -0.39 is 0 Å². The van der Waals surface area contributed by atoms with Gasteiger partial charge in [-0.2, -0.15) is 0 Å². The normalized spacial score (nSPS) is 24.5. The molecule has 1 atom stereocenters. The van der Waals surface area contributed by atoms with Gasteiger partial charge >= 0.3 is 0 Å². The summed E-state index contributed by atoms with van der Waals surface area (Å²) in [4.78, 5) is 14.1. The van der Waals surface area contributed by atoms with Gasteiger partial charge in [0.2, 0.25) is 5.91 Å². The molecule has 0 aromatic heterocycles. The van der Waals surface area contributed by atoms with Crippen LogP contribution in [0.2, 0.25) is 0 Å². The van der Waals surface area contributed by atoms with E-state index in [4.69, 9.17) is 0 Å². The quantitative estimate of drug-likeness (QED) is 0.618. The lowest BCUT2D eigenvalue weighted by molar-refractivity contribution is -0.135. The summed E-state index contributed by atoms with van der Waals surface area (Å²) in [6, 6.07) is 0. The van der Waals surface area contributed by atoms with Crippen molar-refractivity contribution >= 4 is 5.91 Å². The van der Waals surface area contributed by atoms with Crippen LogP contribution in [0.25, 0.3) is 0 Å². The van der Waals surface area contributed by atoms with Gasteiger partial charge in [-0.15, -0.1) is 0 Å². The molecule has 0 radical (unpaired) electrons. The Balaban J connectivity index is 2.74. The van der Waals surface area contributed by atoms with Gasteiger partial charge in [-0.1, -0.05) is 20.8 Å². The minimum atomic E-state index is -0.0240. The van der Waals surface area contributed by atoms with E-state index in [0.717, 1.165) is 25.8 Å². The maximum absolute atomic E-state index is 12.1. The van der Waals surface area contributed by atoms with Crippen molar-refractivity contribution in [3.63, 3.8) is 0 Å². The van der Waals surface area contributed by atoms with Crippen LogP contribution < -0.4 is 0 Å². The van der Waals surface area contributed by atoms with Crippen LogP contribution >= 0.6 is 0 Å². The maximum atomic E-state index is 12.1. The zero-order valence-corrected chi connectivity index (χ0v) is 11.8. The first-order valence-corrected chi connectivity index (χ1v) is 6.43. The smallest absolute Gasteiger partial charge is 0.223 e. The summed E-state index contributed by atoms with van der Waals surface area (Å²) in [5.41, 5.74) is 0.304. The molecule has 94 valence electrons. The van der Waals surface area contributed by atoms with Crippen LogP contribution in [-0.4, -0.2) is 22.9 Å². The van der Waals surface area contributed by atoms with Crippen molar-refractivity contribution in [1.82, 2.24) is 4.90 Å². The monoisotopic (exact) mass is 225 g/mol. The van der Waals surface area contributed by atoms with Gasteiger partial charge < -0.3 is 4.90 Å². The van der Waals surface area contributed by atoms with E-state index in [9.17, 15) is 4.79 Å². The topological polar surface area (TPSA) is 20.3 Å². The van der Waals surface area contributed by atoms with Crippen LogP contribution in [0.1, 0.15) is 60.8 Å². The minimum Gasteiger partial charge on any atom is -0.338 e. The van der Waals surface area contributed by atoms with E-state index in [1.54, 1.807) is 0 Å². The average molecular weight is 225 g/mol. The molecule has 1 fully saturated rings. The molecule has 1 aliphatic heterocycles. The lowest BCUT2D eigenvalue weighted by atomic mass is 9.76. The summed E-state index contributed by atoms with van der Waals surface area (Å²) in [7, 11) is 0. The molecule has 0 aromatic carbocycles. The van der Waals surface area contributed by atoms with Gasteiger partial charge in [0.15, 0.2) is 0 Å². The van der Waals surface area contributed by atoms with Crippen molar-refractivity contribution in [3.8, 4) is 0 Å². The minimum absolute atomic E-state index is 0.0240. The highest BCUT2D eigenvalue weighted by molar-refractivity contribution is 5.77. The second kappa shape index (κ2) is 4.38. The standard InChI is InChI=1S/C14H27NO/c1-13(2,3)11-7-8-12(16)15(10-9-11)14(4,5)6/h11H,7-10H2,1-6H3. The van der Waals surface area contributed by atoms with Crippen molar-refractivity contribution in [1.29, 1.82) is 0 Å². The lowest BCUT2D eigenvalue weighted by Gasteiger charge is -2.35. The van der Waals surface area contributed by atoms with E-state index in [-0.39, 0.29) is 5.54 Å². The van der Waals surface area contributed by atoms with Crippen LogP contribution in [-0.2, 0) is 4.79 Å². The largest absolute Gasteiger partial charge is 0.338 e. The Morgan fingerprint density at radius 2 is 1.62 bits per heavy atom. The Morgan fingerprint density at radius 3 is 2.06 bits per heavy atom. The van der Waals surface area contributed by atoms with Crippen LogP contribution in [0.15, 0.2) is 0 Å². The Morgan fingerprint density at radius 1 is 1.06 bits per heavy atom. The molecule has 1 heterocycles. The molecule has 0 N–H and O–H groups in total. The van der Waals surface area contributed by atoms with Crippen LogP contribution in [0.4, 0.5) is 0 Å². The number of hydrogen-bond donors (Lipinski definition) is 0. The first-order valence-electron chi connectivity index (χ1n) is 6.43. The van der Waals surface area contributed by atoms with E-state index in [1.807, 2.05) is 0 Å². The zero-order valence-electron chi connectivity index (χ0n) is 11.8. The van der Waals surface area contributed by atoms with Crippen molar-refractivity contribution in [3.05, 3.63) is 0 Å². The number of likely N-dealkylation sites (tertiary alicyclic amines) is 1. The molecule has 1 amide bonds. The summed E-state index contributed by atoms with van der Waals surface area (Å²) in [6.45, 7) is 14.2. The van der Waals surface area contributed by atoms with Gasteiger partial charge in [0.1, 0.15) is 0 Å². The number of nitrogens with zero attached hydrogens (tertiary/aromatic N) is 1. The molecule has 0 aliphatic carbocycles. The predicted molar refractivity (Wildman–Crippen MR) is 68.3 cm³/mol. The van der Waals surface area contributed by atoms with E-state index >= 15 is 0 Å². The van der Waals surface area contributed by atoms with Crippen LogP contribution in [0, 0.1) is 11.3 Å². The molecule has 1 aliphatic rings. The molecule has 1 rings (SSSR count). The third-order valence-electron chi connectivity index (χ3n) is 3.74. The Hall–Kier alpha value is -0.530. The molecule has 0 aromatic rings. The van der Waals surface area contributed by atoms with Crippen LogP contribution in [0.3, 0.4) is 0 Å². The molecule has 1 saturated heterocycles. The number of carbonyl (C=O) groups is 1. The zero-order chi connectivity index (χ0) is 12.6. The first-order chi connectivity index (χ1) is 7.12. The average Bonchev–Trinajstić information content (AvgIpc) is 2.23. The summed E-state index contributed by atoms with van der Waals surface area (Å²) < 4.78 is 0. The fraction of sp³-hybridized carbons (Fsp3) is 0.929. The van der Waals surface area contributed by atoms with Crippen molar-refractivity contribution in [2.75, 3.05) is 6.54 Å². The number of carbonyl (C=O) groups excluding carboxylic acids is 1. The Bertz CT molecular complexity index is 257. The maximum Gasteiger partial charge on any atom is 0.223 e. The van der Waals surface area contributed by atoms with Gasteiger partial charge in [-0.3, -0.25) is 4.79 Å². The summed E-state index contributed by atoms with van der Waals surface area (Å²) in [5, 5.41) is 0. The number of amides is 1. The van der Waals surface area contributed by atoms with Gasteiger partial charge in [-0.25, -0.2) is 0 Å². The SMILES string of the molecule is CC(C)(C)C1CCC(=O)N(C(C)(C)C)CC1. The third-order valence-corrected chi connectivity index (χ3v) is 3.74. The second-order valence-corrected chi connectivity index (χ2v) is 7.11. The molecular weight excluding hydrogens is 198 g/mol. The Kier molecular flexibility index (Phi) is 3.71. The highest BCUT2D eigenvalue weighted by Crippen LogP contribution is 2.35. The molecule has 0 bridgehead atoms. The second-order valence-electron chi connectivity index (χ2n) is 7.11. The fourth-order valence-electron chi connectivity index (χ4n) is 2.56. The Labute approximate surface area is 100 Å². The third kappa shape index (κ3) is 3.23.